The van der Waals surface area contributed by atoms with Crippen molar-refractivity contribution < 1.29 is 8.42 Å². The van der Waals surface area contributed by atoms with Crippen molar-refractivity contribution >= 4 is 27.5 Å². The molecule has 0 aliphatic rings. The molecule has 2 N–H and O–H groups in total. The predicted octanol–water partition coefficient (Wildman–Crippen LogP) is 1.15. The van der Waals surface area contributed by atoms with Gasteiger partial charge in [-0.2, -0.15) is 11.8 Å². The molecule has 7 heteroatoms. The Morgan fingerprint density at radius 1 is 1.53 bits per heavy atom. The molecule has 0 amide bonds. The van der Waals surface area contributed by atoms with Gasteiger partial charge in [0.05, 0.1) is 5.69 Å². The van der Waals surface area contributed by atoms with Crippen molar-refractivity contribution in [1.29, 1.82) is 0 Å². The molecule has 96 valence electrons. The summed E-state index contributed by atoms with van der Waals surface area (Å²) in [6.07, 6.45) is 4.84. The van der Waals surface area contributed by atoms with Gasteiger partial charge in [0.2, 0.25) is 10.0 Å². The van der Waals surface area contributed by atoms with E-state index in [-0.39, 0.29) is 10.9 Å². The van der Waals surface area contributed by atoms with E-state index in [0.29, 0.717) is 5.69 Å². The van der Waals surface area contributed by atoms with E-state index in [2.05, 4.69) is 15.0 Å². The summed E-state index contributed by atoms with van der Waals surface area (Å²) in [5.41, 5.74) is 0.545. The molecular formula is C10H17N3O2S2. The first-order valence-corrected chi connectivity index (χ1v) is 8.02. The molecule has 0 bridgehead atoms. The minimum absolute atomic E-state index is 0.111. The van der Waals surface area contributed by atoms with Crippen LogP contribution in [-0.2, 0) is 10.0 Å². The Morgan fingerprint density at radius 3 is 2.82 bits per heavy atom. The van der Waals surface area contributed by atoms with Crippen LogP contribution in [0, 0.1) is 0 Å². The first kappa shape index (κ1) is 14.3. The number of pyridine rings is 1. The smallest absolute Gasteiger partial charge is 0.244 e. The van der Waals surface area contributed by atoms with Gasteiger partial charge in [0.25, 0.3) is 0 Å². The van der Waals surface area contributed by atoms with Gasteiger partial charge in [-0.3, -0.25) is 4.98 Å². The van der Waals surface area contributed by atoms with Gasteiger partial charge >= 0.3 is 0 Å². The quantitative estimate of drug-likeness (QED) is 0.815. The molecule has 1 aromatic rings. The summed E-state index contributed by atoms with van der Waals surface area (Å²) >= 11 is 1.60. The fraction of sp³-hybridized carbons (Fsp3) is 0.500. The second-order valence-electron chi connectivity index (χ2n) is 3.60. The number of nitrogens with zero attached hydrogens (tertiary/aromatic N) is 1. The highest BCUT2D eigenvalue weighted by Crippen LogP contribution is 2.19. The van der Waals surface area contributed by atoms with Crippen molar-refractivity contribution in [3.8, 4) is 0 Å². The molecule has 0 fully saturated rings. The van der Waals surface area contributed by atoms with Gasteiger partial charge in [-0.1, -0.05) is 0 Å². The number of sulfonamides is 1. The lowest BCUT2D eigenvalue weighted by atomic mass is 10.4. The molecule has 0 saturated heterocycles. The Bertz CT molecular complexity index is 462. The molecule has 0 saturated carbocycles. The molecule has 5 nitrogen and oxygen atoms in total. The third kappa shape index (κ3) is 3.86. The second-order valence-corrected chi connectivity index (χ2v) is 6.19. The summed E-state index contributed by atoms with van der Waals surface area (Å²) in [6, 6.07) is 1.52. The average molecular weight is 275 g/mol. The van der Waals surface area contributed by atoms with Crippen LogP contribution in [0.1, 0.15) is 6.92 Å². The van der Waals surface area contributed by atoms with E-state index >= 15 is 0 Å². The summed E-state index contributed by atoms with van der Waals surface area (Å²) < 4.78 is 26.8. The second kappa shape index (κ2) is 6.23. The highest BCUT2D eigenvalue weighted by molar-refractivity contribution is 7.98. The normalized spacial score (nSPS) is 13.4. The zero-order valence-corrected chi connectivity index (χ0v) is 11.7. The van der Waals surface area contributed by atoms with E-state index in [9.17, 15) is 8.42 Å². The zero-order chi connectivity index (χ0) is 12.9. The Labute approximate surface area is 106 Å². The van der Waals surface area contributed by atoms with Gasteiger partial charge in [-0.15, -0.1) is 0 Å². The molecule has 17 heavy (non-hydrogen) atoms. The summed E-state index contributed by atoms with van der Waals surface area (Å²) in [5.74, 6) is 0.731. The van der Waals surface area contributed by atoms with Crippen LogP contribution in [0.25, 0.3) is 0 Å². The van der Waals surface area contributed by atoms with Crippen molar-refractivity contribution in [2.75, 3.05) is 24.4 Å². The van der Waals surface area contributed by atoms with E-state index in [4.69, 9.17) is 0 Å². The van der Waals surface area contributed by atoms with Gasteiger partial charge < -0.3 is 5.32 Å². The van der Waals surface area contributed by atoms with Crippen molar-refractivity contribution in [2.45, 2.75) is 17.9 Å². The largest absolute Gasteiger partial charge is 0.387 e. The minimum atomic E-state index is -3.51. The minimum Gasteiger partial charge on any atom is -0.387 e. The molecule has 1 unspecified atom stereocenters. The maximum atomic E-state index is 12.1. The molecule has 1 aromatic heterocycles. The van der Waals surface area contributed by atoms with E-state index in [0.717, 1.165) is 5.75 Å². The SMILES string of the molecule is CNc1ccncc1S(=O)(=O)NC(C)CSC. The molecule has 1 rings (SSSR count). The fourth-order valence-corrected chi connectivity index (χ4v) is 3.50. The molecule has 0 aliphatic heterocycles. The Balaban J connectivity index is 2.97. The van der Waals surface area contributed by atoms with Crippen LogP contribution in [0.5, 0.6) is 0 Å². The summed E-state index contributed by atoms with van der Waals surface area (Å²) in [5, 5.41) is 2.84. The zero-order valence-electron chi connectivity index (χ0n) is 10.1. The number of anilines is 1. The van der Waals surface area contributed by atoms with Crippen LogP contribution < -0.4 is 10.0 Å². The maximum Gasteiger partial charge on any atom is 0.244 e. The summed E-state index contributed by atoms with van der Waals surface area (Å²) in [4.78, 5) is 4.02. The van der Waals surface area contributed by atoms with Crippen LogP contribution in [0.2, 0.25) is 0 Å². The van der Waals surface area contributed by atoms with Gasteiger partial charge in [-0.25, -0.2) is 13.1 Å². The fourth-order valence-electron chi connectivity index (χ4n) is 1.41. The lowest BCUT2D eigenvalue weighted by Crippen LogP contribution is -2.34. The van der Waals surface area contributed by atoms with Crippen LogP contribution >= 0.6 is 11.8 Å². The van der Waals surface area contributed by atoms with E-state index < -0.39 is 10.0 Å². The maximum absolute atomic E-state index is 12.1. The van der Waals surface area contributed by atoms with Gasteiger partial charge in [0, 0.05) is 31.2 Å². The predicted molar refractivity (Wildman–Crippen MR) is 71.9 cm³/mol. The van der Waals surface area contributed by atoms with Gasteiger partial charge in [0.15, 0.2) is 0 Å². The molecule has 0 aromatic carbocycles. The average Bonchev–Trinajstić information content (AvgIpc) is 2.28. The molecule has 0 aliphatic carbocycles. The van der Waals surface area contributed by atoms with Crippen molar-refractivity contribution in [3.63, 3.8) is 0 Å². The van der Waals surface area contributed by atoms with E-state index in [1.54, 1.807) is 31.1 Å². The Kier molecular flexibility index (Phi) is 5.23. The summed E-state index contributed by atoms with van der Waals surface area (Å²) in [6.45, 7) is 1.84. The molecular weight excluding hydrogens is 258 g/mol. The van der Waals surface area contributed by atoms with Gasteiger partial charge in [-0.05, 0) is 19.2 Å². The number of nitrogens with one attached hydrogen (secondary N) is 2. The van der Waals surface area contributed by atoms with Crippen LogP contribution in [0.15, 0.2) is 23.4 Å². The number of hydrogen-bond acceptors (Lipinski definition) is 5. The highest BCUT2D eigenvalue weighted by Gasteiger charge is 2.20. The number of rotatable bonds is 6. The Hall–Kier alpha value is -0.790. The first-order valence-electron chi connectivity index (χ1n) is 5.14. The topological polar surface area (TPSA) is 71.1 Å². The Morgan fingerprint density at radius 2 is 2.24 bits per heavy atom. The standard InChI is InChI=1S/C10H17N3O2S2/c1-8(7-16-3)13-17(14,15)10-6-12-5-4-9(10)11-2/h4-6,8,13H,7H2,1-3H3,(H,11,12). The molecule has 1 heterocycles. The van der Waals surface area contributed by atoms with Crippen molar-refractivity contribution in [2.24, 2.45) is 0 Å². The van der Waals surface area contributed by atoms with Crippen molar-refractivity contribution in [1.82, 2.24) is 9.71 Å². The number of aromatic nitrogens is 1. The third-order valence-electron chi connectivity index (χ3n) is 2.12. The number of hydrogen-bond donors (Lipinski definition) is 2. The van der Waals surface area contributed by atoms with Crippen LogP contribution in [0.3, 0.4) is 0 Å². The van der Waals surface area contributed by atoms with Gasteiger partial charge in [0.1, 0.15) is 4.90 Å². The lowest BCUT2D eigenvalue weighted by molar-refractivity contribution is 0.571. The summed E-state index contributed by atoms with van der Waals surface area (Å²) in [7, 11) is -1.83. The monoisotopic (exact) mass is 275 g/mol. The molecule has 0 spiro atoms. The van der Waals surface area contributed by atoms with Crippen molar-refractivity contribution in [3.05, 3.63) is 18.5 Å². The van der Waals surface area contributed by atoms with E-state index in [1.807, 2.05) is 13.2 Å². The van der Waals surface area contributed by atoms with Crippen LogP contribution in [0.4, 0.5) is 5.69 Å². The van der Waals surface area contributed by atoms with E-state index in [1.165, 1.54) is 6.20 Å². The van der Waals surface area contributed by atoms with Crippen LogP contribution in [-0.4, -0.2) is 38.5 Å². The first-order chi connectivity index (χ1) is 8.01. The highest BCUT2D eigenvalue weighted by atomic mass is 32.2. The molecule has 0 radical (unpaired) electrons. The number of thioether (sulfide) groups is 1. The third-order valence-corrected chi connectivity index (χ3v) is 4.57. The molecule has 1 atom stereocenters. The lowest BCUT2D eigenvalue weighted by Gasteiger charge is -2.14.